The van der Waals surface area contributed by atoms with Crippen LogP contribution < -0.4 is 4.90 Å². The van der Waals surface area contributed by atoms with E-state index in [9.17, 15) is 13.2 Å². The van der Waals surface area contributed by atoms with Gasteiger partial charge in [0, 0.05) is 36.8 Å². The summed E-state index contributed by atoms with van der Waals surface area (Å²) in [6.45, 7) is 2.53. The van der Waals surface area contributed by atoms with Gasteiger partial charge in [0.15, 0.2) is 0 Å². The van der Waals surface area contributed by atoms with Crippen LogP contribution in [0.15, 0.2) is 47.4 Å². The molecule has 0 aliphatic carbocycles. The molecular formula is C20H22Cl2N2O3S. The standard InChI is InChI=1S/C20H22Cl2N2O3S/c1-14-3-6-17(7-4-14)23(2)20(25)15-9-11-24(12-10-15)28(26,27)19-13-16(21)5-8-18(19)22/h3-8,13,15H,9-12H2,1-2H3. The van der Waals surface area contributed by atoms with E-state index in [-0.39, 0.29) is 34.8 Å². The molecule has 0 atom stereocenters. The molecule has 28 heavy (non-hydrogen) atoms. The maximum Gasteiger partial charge on any atom is 0.244 e. The number of carbonyl (C=O) groups excluding carboxylic acids is 1. The third kappa shape index (κ3) is 4.35. The van der Waals surface area contributed by atoms with Crippen LogP contribution in [0.25, 0.3) is 0 Å². The van der Waals surface area contributed by atoms with Gasteiger partial charge in [0.1, 0.15) is 4.90 Å². The van der Waals surface area contributed by atoms with E-state index in [4.69, 9.17) is 23.2 Å². The number of aryl methyl sites for hydroxylation is 1. The fourth-order valence-corrected chi connectivity index (χ4v) is 5.53. The van der Waals surface area contributed by atoms with Crippen LogP contribution in [0.5, 0.6) is 0 Å². The van der Waals surface area contributed by atoms with E-state index < -0.39 is 10.0 Å². The second-order valence-electron chi connectivity index (χ2n) is 6.99. The molecule has 8 heteroatoms. The molecule has 1 fully saturated rings. The van der Waals surface area contributed by atoms with Crippen molar-refractivity contribution < 1.29 is 13.2 Å². The quantitative estimate of drug-likeness (QED) is 0.708. The second-order valence-corrected chi connectivity index (χ2v) is 9.74. The summed E-state index contributed by atoms with van der Waals surface area (Å²) in [4.78, 5) is 14.5. The summed E-state index contributed by atoms with van der Waals surface area (Å²) in [6.07, 6.45) is 0.929. The zero-order valence-electron chi connectivity index (χ0n) is 15.7. The Labute approximate surface area is 175 Å². The Hall–Kier alpha value is -1.60. The molecule has 2 aromatic rings. The van der Waals surface area contributed by atoms with Crippen molar-refractivity contribution in [3.8, 4) is 0 Å². The lowest BCUT2D eigenvalue weighted by molar-refractivity contribution is -0.123. The average Bonchev–Trinajstić information content (AvgIpc) is 2.69. The molecule has 0 aromatic heterocycles. The highest BCUT2D eigenvalue weighted by Crippen LogP contribution is 2.31. The van der Waals surface area contributed by atoms with Crippen molar-refractivity contribution in [3.05, 3.63) is 58.1 Å². The number of amides is 1. The summed E-state index contributed by atoms with van der Waals surface area (Å²) in [5, 5.41) is 0.453. The number of benzene rings is 2. The number of sulfonamides is 1. The Morgan fingerprint density at radius 1 is 1.07 bits per heavy atom. The first-order chi connectivity index (χ1) is 13.2. The molecule has 0 bridgehead atoms. The largest absolute Gasteiger partial charge is 0.315 e. The van der Waals surface area contributed by atoms with Gasteiger partial charge in [-0.05, 0) is 50.1 Å². The smallest absolute Gasteiger partial charge is 0.244 e. The average molecular weight is 441 g/mol. The summed E-state index contributed by atoms with van der Waals surface area (Å²) in [5.41, 5.74) is 1.96. The molecule has 1 heterocycles. The molecule has 0 radical (unpaired) electrons. The zero-order chi connectivity index (χ0) is 20.5. The lowest BCUT2D eigenvalue weighted by Gasteiger charge is -2.32. The lowest BCUT2D eigenvalue weighted by Crippen LogP contribution is -2.43. The van der Waals surface area contributed by atoms with Gasteiger partial charge in [-0.25, -0.2) is 8.42 Å². The van der Waals surface area contributed by atoms with Crippen molar-refractivity contribution in [2.75, 3.05) is 25.0 Å². The molecule has 1 amide bonds. The van der Waals surface area contributed by atoms with Crippen LogP contribution in [0.2, 0.25) is 10.0 Å². The number of piperidine rings is 1. The number of hydrogen-bond donors (Lipinski definition) is 0. The predicted molar refractivity (Wildman–Crippen MR) is 113 cm³/mol. The minimum Gasteiger partial charge on any atom is -0.315 e. The molecule has 0 unspecified atom stereocenters. The molecule has 150 valence electrons. The summed E-state index contributed by atoms with van der Waals surface area (Å²) < 4.78 is 27.2. The van der Waals surface area contributed by atoms with Crippen LogP contribution in [0.1, 0.15) is 18.4 Å². The van der Waals surface area contributed by atoms with E-state index >= 15 is 0 Å². The van der Waals surface area contributed by atoms with E-state index in [0.717, 1.165) is 11.3 Å². The zero-order valence-corrected chi connectivity index (χ0v) is 18.1. The number of rotatable bonds is 4. The molecular weight excluding hydrogens is 419 g/mol. The van der Waals surface area contributed by atoms with Gasteiger partial charge in [-0.1, -0.05) is 40.9 Å². The molecule has 3 rings (SSSR count). The monoisotopic (exact) mass is 440 g/mol. The fraction of sp³-hybridized carbons (Fsp3) is 0.350. The Morgan fingerprint density at radius 2 is 1.68 bits per heavy atom. The van der Waals surface area contributed by atoms with Crippen molar-refractivity contribution in [2.45, 2.75) is 24.7 Å². The van der Waals surface area contributed by atoms with Crippen molar-refractivity contribution in [1.29, 1.82) is 0 Å². The van der Waals surface area contributed by atoms with E-state index in [2.05, 4.69) is 0 Å². The lowest BCUT2D eigenvalue weighted by atomic mass is 9.96. The molecule has 5 nitrogen and oxygen atoms in total. The molecule has 0 N–H and O–H groups in total. The third-order valence-corrected chi connectivity index (χ3v) is 7.68. The molecule has 0 saturated carbocycles. The highest BCUT2D eigenvalue weighted by molar-refractivity contribution is 7.89. The van der Waals surface area contributed by atoms with Crippen molar-refractivity contribution in [1.82, 2.24) is 4.31 Å². The number of halogens is 2. The Balaban J connectivity index is 1.69. The van der Waals surface area contributed by atoms with E-state index in [1.807, 2.05) is 31.2 Å². The molecule has 1 aliphatic rings. The van der Waals surface area contributed by atoms with Crippen LogP contribution in [-0.2, 0) is 14.8 Å². The molecule has 0 spiro atoms. The molecule has 1 saturated heterocycles. The number of nitrogens with zero attached hydrogens (tertiary/aromatic N) is 2. The van der Waals surface area contributed by atoms with Crippen molar-refractivity contribution in [2.24, 2.45) is 5.92 Å². The molecule has 1 aliphatic heterocycles. The van der Waals surface area contributed by atoms with Gasteiger partial charge in [0.2, 0.25) is 15.9 Å². The van der Waals surface area contributed by atoms with Crippen LogP contribution in [0, 0.1) is 12.8 Å². The summed E-state index contributed by atoms with van der Waals surface area (Å²) >= 11 is 12.0. The summed E-state index contributed by atoms with van der Waals surface area (Å²) in [7, 11) is -2.00. The van der Waals surface area contributed by atoms with Gasteiger partial charge in [-0.3, -0.25) is 4.79 Å². The van der Waals surface area contributed by atoms with Gasteiger partial charge in [-0.15, -0.1) is 0 Å². The van der Waals surface area contributed by atoms with Gasteiger partial charge < -0.3 is 4.90 Å². The highest BCUT2D eigenvalue weighted by atomic mass is 35.5. The maximum absolute atomic E-state index is 12.9. The predicted octanol–water partition coefficient (Wildman–Crippen LogP) is 4.37. The number of anilines is 1. The normalized spacial score (nSPS) is 16.1. The van der Waals surface area contributed by atoms with Gasteiger partial charge in [-0.2, -0.15) is 4.31 Å². The minimum absolute atomic E-state index is 0.00156. The van der Waals surface area contributed by atoms with Crippen LogP contribution in [0.4, 0.5) is 5.69 Å². The van der Waals surface area contributed by atoms with Crippen molar-refractivity contribution >= 4 is 44.8 Å². The van der Waals surface area contributed by atoms with E-state index in [0.29, 0.717) is 17.9 Å². The topological polar surface area (TPSA) is 57.7 Å². The van der Waals surface area contributed by atoms with Crippen LogP contribution in [0.3, 0.4) is 0 Å². The van der Waals surface area contributed by atoms with Gasteiger partial charge in [0.25, 0.3) is 0 Å². The van der Waals surface area contributed by atoms with E-state index in [1.165, 1.54) is 16.4 Å². The maximum atomic E-state index is 12.9. The first kappa shape index (κ1) is 21.1. The summed E-state index contributed by atoms with van der Waals surface area (Å²) in [5.74, 6) is -0.214. The first-order valence-electron chi connectivity index (χ1n) is 8.99. The van der Waals surface area contributed by atoms with Gasteiger partial charge in [0.05, 0.1) is 5.02 Å². The molecule has 2 aromatic carbocycles. The van der Waals surface area contributed by atoms with Crippen LogP contribution in [-0.4, -0.2) is 38.8 Å². The highest BCUT2D eigenvalue weighted by Gasteiger charge is 2.34. The minimum atomic E-state index is -3.75. The van der Waals surface area contributed by atoms with Gasteiger partial charge >= 0.3 is 0 Å². The SMILES string of the molecule is Cc1ccc(N(C)C(=O)C2CCN(S(=O)(=O)c3cc(Cl)ccc3Cl)CC2)cc1. The Kier molecular flexibility index (Phi) is 6.34. The number of carbonyl (C=O) groups is 1. The van der Waals surface area contributed by atoms with Crippen LogP contribution >= 0.6 is 23.2 Å². The van der Waals surface area contributed by atoms with E-state index in [1.54, 1.807) is 18.0 Å². The third-order valence-electron chi connectivity index (χ3n) is 5.07. The Bertz CT molecular complexity index is 969. The first-order valence-corrected chi connectivity index (χ1v) is 11.2. The second kappa shape index (κ2) is 8.41. The fourth-order valence-electron chi connectivity index (χ4n) is 3.33. The summed E-state index contributed by atoms with van der Waals surface area (Å²) in [6, 6.07) is 12.1. The number of hydrogen-bond acceptors (Lipinski definition) is 3. The Morgan fingerprint density at radius 3 is 2.29 bits per heavy atom. The van der Waals surface area contributed by atoms with Crippen molar-refractivity contribution in [3.63, 3.8) is 0 Å².